The molecule has 3 heterocycles. The van der Waals surface area contributed by atoms with E-state index in [1.807, 2.05) is 35.6 Å². The van der Waals surface area contributed by atoms with Gasteiger partial charge in [-0.05, 0) is 63.3 Å². The molecule has 2 aromatic rings. The number of carbonyl (C=O) groups is 2. The van der Waals surface area contributed by atoms with E-state index >= 15 is 0 Å². The highest BCUT2D eigenvalue weighted by Crippen LogP contribution is 2.41. The second-order valence-corrected chi connectivity index (χ2v) is 9.63. The molecule has 2 fully saturated rings. The smallest absolute Gasteiger partial charge is 0.238 e. The molecule has 1 saturated heterocycles. The number of hydrogen-bond donors (Lipinski definition) is 2. The highest BCUT2D eigenvalue weighted by atomic mass is 16.2. The molecule has 2 aliphatic rings. The molecule has 2 amide bonds. The molecular formula is C26H35N5O2. The third kappa shape index (κ3) is 4.64. The summed E-state index contributed by atoms with van der Waals surface area (Å²) in [5, 5.41) is 3.12. The van der Waals surface area contributed by atoms with Crippen molar-refractivity contribution in [3.05, 3.63) is 48.5 Å². The topological polar surface area (TPSA) is 101 Å². The number of likely N-dealkylation sites (tertiary alicyclic amines) is 1. The van der Waals surface area contributed by atoms with Crippen LogP contribution in [0.1, 0.15) is 63.5 Å². The molecule has 7 heteroatoms. The Bertz CT molecular complexity index is 976. The van der Waals surface area contributed by atoms with Crippen molar-refractivity contribution in [3.8, 4) is 11.1 Å². The summed E-state index contributed by atoms with van der Waals surface area (Å²) in [6, 6.07) is 5.98. The van der Waals surface area contributed by atoms with Gasteiger partial charge >= 0.3 is 0 Å². The number of nitrogens with one attached hydrogen (secondary N) is 1. The largest absolute Gasteiger partial charge is 0.368 e. The molecule has 1 unspecified atom stereocenters. The Morgan fingerprint density at radius 2 is 1.85 bits per heavy atom. The number of rotatable bonds is 7. The van der Waals surface area contributed by atoms with E-state index in [-0.39, 0.29) is 17.9 Å². The molecule has 0 radical (unpaired) electrons. The van der Waals surface area contributed by atoms with Gasteiger partial charge in [-0.3, -0.25) is 19.6 Å². The molecule has 3 atom stereocenters. The van der Waals surface area contributed by atoms with Crippen LogP contribution in [-0.2, 0) is 9.59 Å². The highest BCUT2D eigenvalue weighted by Gasteiger charge is 2.50. The SMILES string of the molecule is CNC(C)(C(N)=O)[C@@H](C(=O)N1CCC[C@H]1c1cncc(-c2cccnc2)c1)C1CCCCC1. The van der Waals surface area contributed by atoms with Gasteiger partial charge in [0.05, 0.1) is 12.0 Å². The summed E-state index contributed by atoms with van der Waals surface area (Å²) in [7, 11) is 1.73. The maximum Gasteiger partial charge on any atom is 0.238 e. The lowest BCUT2D eigenvalue weighted by Crippen LogP contribution is -2.63. The number of amides is 2. The fraction of sp³-hybridized carbons (Fsp3) is 0.538. The van der Waals surface area contributed by atoms with Crippen LogP contribution >= 0.6 is 0 Å². The first kappa shape index (κ1) is 23.4. The zero-order chi connectivity index (χ0) is 23.4. The Labute approximate surface area is 196 Å². The van der Waals surface area contributed by atoms with Crippen LogP contribution in [0.4, 0.5) is 0 Å². The van der Waals surface area contributed by atoms with Crippen LogP contribution in [0.15, 0.2) is 43.0 Å². The summed E-state index contributed by atoms with van der Waals surface area (Å²) >= 11 is 0. The summed E-state index contributed by atoms with van der Waals surface area (Å²) in [5.74, 6) is -0.760. The molecular weight excluding hydrogens is 414 g/mol. The normalized spacial score (nSPS) is 22.0. The molecule has 0 aromatic carbocycles. The zero-order valence-corrected chi connectivity index (χ0v) is 19.7. The van der Waals surface area contributed by atoms with Gasteiger partial charge in [0.1, 0.15) is 5.54 Å². The fourth-order valence-electron chi connectivity index (χ4n) is 5.71. The lowest BCUT2D eigenvalue weighted by Gasteiger charge is -2.43. The minimum atomic E-state index is -1.08. The van der Waals surface area contributed by atoms with Gasteiger partial charge in [0.25, 0.3) is 0 Å². The van der Waals surface area contributed by atoms with Crippen molar-refractivity contribution in [2.75, 3.05) is 13.6 Å². The molecule has 4 rings (SSSR count). The van der Waals surface area contributed by atoms with Crippen molar-refractivity contribution >= 4 is 11.8 Å². The van der Waals surface area contributed by atoms with E-state index in [0.717, 1.165) is 55.2 Å². The average Bonchev–Trinajstić information content (AvgIpc) is 3.35. The Balaban J connectivity index is 1.66. The Hall–Kier alpha value is -2.80. The molecule has 0 spiro atoms. The Morgan fingerprint density at radius 1 is 1.09 bits per heavy atom. The summed E-state index contributed by atoms with van der Waals surface area (Å²) in [6.45, 7) is 2.48. The van der Waals surface area contributed by atoms with Gasteiger partial charge in [0.15, 0.2) is 0 Å². The lowest BCUT2D eigenvalue weighted by atomic mass is 9.69. The predicted molar refractivity (Wildman–Crippen MR) is 128 cm³/mol. The van der Waals surface area contributed by atoms with E-state index in [1.54, 1.807) is 20.2 Å². The molecule has 2 aromatic heterocycles. The molecule has 7 nitrogen and oxygen atoms in total. The van der Waals surface area contributed by atoms with Gasteiger partial charge in [-0.15, -0.1) is 0 Å². The van der Waals surface area contributed by atoms with Crippen LogP contribution in [0, 0.1) is 11.8 Å². The van der Waals surface area contributed by atoms with Gasteiger partial charge < -0.3 is 16.0 Å². The minimum absolute atomic E-state index is 0.0341. The number of hydrogen-bond acceptors (Lipinski definition) is 5. The Kier molecular flexibility index (Phi) is 7.08. The first-order valence-electron chi connectivity index (χ1n) is 12.1. The third-order valence-corrected chi connectivity index (χ3v) is 7.72. The maximum absolute atomic E-state index is 14.1. The number of nitrogens with zero attached hydrogens (tertiary/aromatic N) is 3. The van der Waals surface area contributed by atoms with Gasteiger partial charge in [0, 0.05) is 42.5 Å². The van der Waals surface area contributed by atoms with Crippen LogP contribution in [0.3, 0.4) is 0 Å². The second kappa shape index (κ2) is 10.00. The molecule has 1 aliphatic carbocycles. The lowest BCUT2D eigenvalue weighted by molar-refractivity contribution is -0.147. The first-order valence-corrected chi connectivity index (χ1v) is 12.1. The molecule has 1 aliphatic heterocycles. The van der Waals surface area contributed by atoms with E-state index in [1.165, 1.54) is 6.42 Å². The number of likely N-dealkylation sites (N-methyl/N-ethyl adjacent to an activating group) is 1. The van der Waals surface area contributed by atoms with Crippen molar-refractivity contribution in [2.24, 2.45) is 17.6 Å². The van der Waals surface area contributed by atoms with E-state index in [2.05, 4.69) is 21.4 Å². The van der Waals surface area contributed by atoms with E-state index < -0.39 is 17.4 Å². The quantitative estimate of drug-likeness (QED) is 0.674. The number of carbonyl (C=O) groups excluding carboxylic acids is 2. The Morgan fingerprint density at radius 3 is 2.52 bits per heavy atom. The summed E-state index contributed by atoms with van der Waals surface area (Å²) in [6.07, 6.45) is 14.4. The van der Waals surface area contributed by atoms with Crippen LogP contribution in [-0.4, -0.2) is 45.8 Å². The summed E-state index contributed by atoms with van der Waals surface area (Å²) < 4.78 is 0. The number of pyridine rings is 2. The minimum Gasteiger partial charge on any atom is -0.368 e. The third-order valence-electron chi connectivity index (χ3n) is 7.72. The number of aromatic nitrogens is 2. The summed E-state index contributed by atoms with van der Waals surface area (Å²) in [4.78, 5) is 37.4. The first-order chi connectivity index (χ1) is 16.0. The van der Waals surface area contributed by atoms with Crippen molar-refractivity contribution < 1.29 is 9.59 Å². The second-order valence-electron chi connectivity index (χ2n) is 9.63. The maximum atomic E-state index is 14.1. The van der Waals surface area contributed by atoms with Gasteiger partial charge in [0.2, 0.25) is 11.8 Å². The standard InChI is InChI=1S/C26H35N5O2/c1-26(28-2,25(27)33)23(18-8-4-3-5-9-18)24(32)31-13-7-11-22(31)21-14-20(16-30-17-21)19-10-6-12-29-15-19/h6,10,12,14-18,22-23,28H,3-5,7-9,11,13H2,1-2H3,(H2,27,33)/t22-,23+,26?/m0/s1. The van der Waals surface area contributed by atoms with E-state index in [4.69, 9.17) is 5.73 Å². The summed E-state index contributed by atoms with van der Waals surface area (Å²) in [5.41, 5.74) is 7.80. The van der Waals surface area contributed by atoms with Crippen molar-refractivity contribution in [3.63, 3.8) is 0 Å². The van der Waals surface area contributed by atoms with Gasteiger partial charge in [-0.1, -0.05) is 25.3 Å². The van der Waals surface area contributed by atoms with Gasteiger partial charge in [-0.25, -0.2) is 0 Å². The van der Waals surface area contributed by atoms with Crippen LogP contribution in [0.25, 0.3) is 11.1 Å². The number of nitrogens with two attached hydrogens (primary N) is 1. The molecule has 0 bridgehead atoms. The number of primary amides is 1. The molecule has 176 valence electrons. The predicted octanol–water partition coefficient (Wildman–Crippen LogP) is 3.47. The molecule has 1 saturated carbocycles. The molecule has 3 N–H and O–H groups in total. The monoisotopic (exact) mass is 449 g/mol. The van der Waals surface area contributed by atoms with Gasteiger partial charge in [-0.2, -0.15) is 0 Å². The fourth-order valence-corrected chi connectivity index (χ4v) is 5.71. The van der Waals surface area contributed by atoms with Crippen LogP contribution in [0.2, 0.25) is 0 Å². The van der Waals surface area contributed by atoms with Crippen LogP contribution in [0.5, 0.6) is 0 Å². The van der Waals surface area contributed by atoms with E-state index in [9.17, 15) is 9.59 Å². The average molecular weight is 450 g/mol. The van der Waals surface area contributed by atoms with Crippen molar-refractivity contribution in [1.82, 2.24) is 20.2 Å². The van der Waals surface area contributed by atoms with Crippen LogP contribution < -0.4 is 11.1 Å². The zero-order valence-electron chi connectivity index (χ0n) is 19.7. The molecule has 33 heavy (non-hydrogen) atoms. The van der Waals surface area contributed by atoms with Crippen molar-refractivity contribution in [2.45, 2.75) is 63.5 Å². The highest BCUT2D eigenvalue weighted by molar-refractivity contribution is 5.93. The van der Waals surface area contributed by atoms with Crippen molar-refractivity contribution in [1.29, 1.82) is 0 Å². The van der Waals surface area contributed by atoms with E-state index in [0.29, 0.717) is 6.54 Å².